The maximum atomic E-state index is 13.1. The number of imide groups is 2. The molecule has 332 valence electrons. The van der Waals surface area contributed by atoms with E-state index >= 15 is 0 Å². The van der Waals surface area contributed by atoms with Crippen LogP contribution in [0.2, 0.25) is 10.0 Å². The lowest BCUT2D eigenvalue weighted by Gasteiger charge is -2.45. The second-order valence-electron chi connectivity index (χ2n) is 16.6. The molecule has 0 saturated carbocycles. The molecule has 4 amide bonds. The standard InChI is InChI=1S/2C23H24ClN3O4.ClH/c2*24-19-7-6-16(14-20(19)27(30)31)15-26-12-9-18(10-13-26)23(17-4-2-1-3-5-17)11-8-21(28)25-22(23)29;/h2*1-7,14,18H,8-13,15H2,(H,25,28,29);1H. The lowest BCUT2D eigenvalue weighted by molar-refractivity contribution is -0.384. The van der Waals surface area contributed by atoms with Crippen molar-refractivity contribution in [2.24, 2.45) is 11.8 Å². The Morgan fingerprint density at radius 3 is 1.24 bits per heavy atom. The molecule has 0 spiro atoms. The molecule has 2 N–H and O–H groups in total. The minimum absolute atomic E-state index is 0. The van der Waals surface area contributed by atoms with Gasteiger partial charge in [-0.2, -0.15) is 0 Å². The van der Waals surface area contributed by atoms with Gasteiger partial charge in [0.05, 0.1) is 20.7 Å². The van der Waals surface area contributed by atoms with E-state index in [0.717, 1.165) is 74.1 Å². The molecule has 2 atom stereocenters. The smallest absolute Gasteiger partial charge is 0.288 e. The number of benzene rings is 4. The summed E-state index contributed by atoms with van der Waals surface area (Å²) in [5.74, 6) is -0.558. The molecule has 0 bridgehead atoms. The number of nitrogens with zero attached hydrogens (tertiary/aromatic N) is 4. The minimum atomic E-state index is -0.694. The van der Waals surface area contributed by atoms with Gasteiger partial charge in [-0.1, -0.05) is 96.0 Å². The number of carbonyl (C=O) groups excluding carboxylic acids is 4. The molecule has 4 aromatic rings. The molecular weight excluding hydrogens is 871 g/mol. The number of rotatable bonds is 10. The zero-order valence-electron chi connectivity index (χ0n) is 34.5. The largest absolute Gasteiger partial charge is 0.299 e. The molecule has 0 aliphatic carbocycles. The molecule has 4 saturated heterocycles. The molecule has 8 rings (SSSR count). The Morgan fingerprint density at radius 2 is 0.921 bits per heavy atom. The average molecular weight is 920 g/mol. The Hall–Kier alpha value is -5.25. The first-order chi connectivity index (χ1) is 29.8. The second kappa shape index (κ2) is 20.5. The van der Waals surface area contributed by atoms with Crippen molar-refractivity contribution in [3.8, 4) is 0 Å². The topological polar surface area (TPSA) is 185 Å². The lowest BCUT2D eigenvalue weighted by atomic mass is 9.62. The number of nitrogens with one attached hydrogen (secondary N) is 2. The molecule has 4 fully saturated rings. The molecule has 14 nitrogen and oxygen atoms in total. The molecule has 17 heteroatoms. The molecule has 2 unspecified atom stereocenters. The molecule has 0 aromatic heterocycles. The molecule has 4 aliphatic rings. The number of halogens is 3. The number of carbonyl (C=O) groups is 4. The third-order valence-electron chi connectivity index (χ3n) is 13.2. The first kappa shape index (κ1) is 47.2. The van der Waals surface area contributed by atoms with Gasteiger partial charge < -0.3 is 0 Å². The summed E-state index contributed by atoms with van der Waals surface area (Å²) in [4.78, 5) is 75.7. The predicted molar refractivity (Wildman–Crippen MR) is 240 cm³/mol. The van der Waals surface area contributed by atoms with Crippen LogP contribution in [0.3, 0.4) is 0 Å². The first-order valence-electron chi connectivity index (χ1n) is 20.9. The van der Waals surface area contributed by atoms with E-state index < -0.39 is 20.7 Å². The summed E-state index contributed by atoms with van der Waals surface area (Å²) < 4.78 is 0. The van der Waals surface area contributed by atoms with Gasteiger partial charge in [-0.05, 0) is 111 Å². The van der Waals surface area contributed by atoms with Crippen LogP contribution in [-0.4, -0.2) is 69.5 Å². The van der Waals surface area contributed by atoms with Gasteiger partial charge in [-0.3, -0.25) is 59.8 Å². The van der Waals surface area contributed by atoms with Gasteiger partial charge in [0.25, 0.3) is 11.4 Å². The predicted octanol–water partition coefficient (Wildman–Crippen LogP) is 8.09. The van der Waals surface area contributed by atoms with E-state index in [1.165, 1.54) is 12.1 Å². The van der Waals surface area contributed by atoms with Crippen molar-refractivity contribution < 1.29 is 29.0 Å². The summed E-state index contributed by atoms with van der Waals surface area (Å²) in [6.45, 7) is 4.28. The summed E-state index contributed by atoms with van der Waals surface area (Å²) >= 11 is 11.8. The van der Waals surface area contributed by atoms with Gasteiger partial charge in [0.15, 0.2) is 0 Å². The van der Waals surface area contributed by atoms with E-state index in [-0.39, 0.29) is 69.3 Å². The fraction of sp³-hybridized carbons (Fsp3) is 0.391. The van der Waals surface area contributed by atoms with Crippen LogP contribution in [0.4, 0.5) is 11.4 Å². The Labute approximate surface area is 381 Å². The number of nitro benzene ring substituents is 2. The highest BCUT2D eigenvalue weighted by atomic mass is 35.5. The van der Waals surface area contributed by atoms with Crippen LogP contribution >= 0.6 is 35.6 Å². The van der Waals surface area contributed by atoms with Crippen molar-refractivity contribution in [1.82, 2.24) is 20.4 Å². The fourth-order valence-electron chi connectivity index (χ4n) is 10.00. The van der Waals surface area contributed by atoms with E-state index in [2.05, 4.69) is 20.4 Å². The van der Waals surface area contributed by atoms with E-state index in [4.69, 9.17) is 23.2 Å². The van der Waals surface area contributed by atoms with E-state index in [9.17, 15) is 39.4 Å². The Bertz CT molecular complexity index is 2180. The number of amides is 4. The molecule has 4 aromatic carbocycles. The van der Waals surface area contributed by atoms with Gasteiger partial charge in [0.1, 0.15) is 10.0 Å². The van der Waals surface area contributed by atoms with Crippen LogP contribution in [0.15, 0.2) is 97.1 Å². The van der Waals surface area contributed by atoms with E-state index in [1.54, 1.807) is 12.1 Å². The van der Waals surface area contributed by atoms with Crippen LogP contribution in [0, 0.1) is 32.1 Å². The van der Waals surface area contributed by atoms with Gasteiger partial charge >= 0.3 is 0 Å². The molecule has 4 heterocycles. The second-order valence-corrected chi connectivity index (χ2v) is 17.4. The van der Waals surface area contributed by atoms with Crippen LogP contribution in [-0.2, 0) is 43.1 Å². The van der Waals surface area contributed by atoms with E-state index in [0.29, 0.717) is 38.8 Å². The monoisotopic (exact) mass is 918 g/mol. The Morgan fingerprint density at radius 1 is 0.571 bits per heavy atom. The van der Waals surface area contributed by atoms with Gasteiger partial charge in [0.2, 0.25) is 23.6 Å². The van der Waals surface area contributed by atoms with Crippen molar-refractivity contribution in [2.45, 2.75) is 75.3 Å². The summed E-state index contributed by atoms with van der Waals surface area (Å²) in [6.07, 6.45) is 4.98. The van der Waals surface area contributed by atoms with Crippen molar-refractivity contribution in [3.63, 3.8) is 0 Å². The van der Waals surface area contributed by atoms with Crippen LogP contribution in [0.1, 0.15) is 73.6 Å². The molecule has 63 heavy (non-hydrogen) atoms. The number of hydrogen-bond acceptors (Lipinski definition) is 10. The fourth-order valence-corrected chi connectivity index (χ4v) is 10.4. The SMILES string of the molecule is Cl.O=C1CCC(c2ccccc2)(C2CCN(Cc3ccc(Cl)c([N+](=O)[O-])c3)CC2)C(=O)N1.O=C1CCC(c2ccccc2)(C2CCN(Cc3ccc(Cl)c([N+](=O)[O-])c3)CC2)C(=O)N1. The highest BCUT2D eigenvalue weighted by Crippen LogP contribution is 2.46. The summed E-state index contributed by atoms with van der Waals surface area (Å²) in [7, 11) is 0. The van der Waals surface area contributed by atoms with E-state index in [1.807, 2.05) is 72.8 Å². The zero-order valence-corrected chi connectivity index (χ0v) is 36.8. The first-order valence-corrected chi connectivity index (χ1v) is 21.7. The maximum Gasteiger partial charge on any atom is 0.288 e. The normalized spacial score (nSPS) is 22.5. The third kappa shape index (κ3) is 10.3. The van der Waals surface area contributed by atoms with Gasteiger partial charge in [0, 0.05) is 38.1 Å². The number of nitro groups is 2. The molecular formula is C46H49Cl3N6O8. The molecule has 0 radical (unpaired) electrons. The van der Waals surface area contributed by atoms with Crippen molar-refractivity contribution in [2.75, 3.05) is 26.2 Å². The van der Waals surface area contributed by atoms with Gasteiger partial charge in [-0.15, -0.1) is 12.4 Å². The van der Waals surface area contributed by atoms with Crippen LogP contribution < -0.4 is 10.6 Å². The summed E-state index contributed by atoms with van der Waals surface area (Å²) in [5, 5.41) is 27.7. The van der Waals surface area contributed by atoms with Gasteiger partial charge in [-0.25, -0.2) is 0 Å². The van der Waals surface area contributed by atoms with Crippen LogP contribution in [0.5, 0.6) is 0 Å². The highest BCUT2D eigenvalue weighted by Gasteiger charge is 2.51. The van der Waals surface area contributed by atoms with Crippen LogP contribution in [0.25, 0.3) is 0 Å². The number of likely N-dealkylation sites (tertiary alicyclic amines) is 2. The maximum absolute atomic E-state index is 13.1. The third-order valence-corrected chi connectivity index (χ3v) is 13.8. The Balaban J connectivity index is 0.000000206. The zero-order chi connectivity index (χ0) is 44.0. The Kier molecular flexibility index (Phi) is 15.4. The summed E-state index contributed by atoms with van der Waals surface area (Å²) in [5.41, 5.74) is 2.06. The number of hydrogen-bond donors (Lipinski definition) is 2. The quantitative estimate of drug-likeness (QED) is 0.0895. The molecule has 4 aliphatic heterocycles. The summed E-state index contributed by atoms with van der Waals surface area (Å²) in [6, 6.07) is 29.3. The van der Waals surface area contributed by atoms with Crippen molar-refractivity contribution in [1.29, 1.82) is 0 Å². The lowest BCUT2D eigenvalue weighted by Crippen LogP contribution is -2.57. The highest BCUT2D eigenvalue weighted by molar-refractivity contribution is 6.33. The average Bonchev–Trinajstić information content (AvgIpc) is 3.27. The minimum Gasteiger partial charge on any atom is -0.299 e. The van der Waals surface area contributed by atoms with Crippen molar-refractivity contribution >= 4 is 70.6 Å². The van der Waals surface area contributed by atoms with Crippen molar-refractivity contribution in [3.05, 3.63) is 150 Å². The number of piperidine rings is 4.